The number of nitrogens with zero attached hydrogens (tertiary/aromatic N) is 4. The minimum Gasteiger partial charge on any atom is -0.744 e. The third-order valence-corrected chi connectivity index (χ3v) is 9.75. The monoisotopic (exact) mass is 757 g/mol. The summed E-state index contributed by atoms with van der Waals surface area (Å²) in [4.78, 5) is -1.93. The van der Waals surface area contributed by atoms with Crippen molar-refractivity contribution in [3.05, 3.63) is 97.1 Å². The van der Waals surface area contributed by atoms with E-state index in [2.05, 4.69) is 20.5 Å². The van der Waals surface area contributed by atoms with E-state index in [9.17, 15) is 38.9 Å². The van der Waals surface area contributed by atoms with Crippen LogP contribution in [0.4, 0.5) is 28.4 Å². The molecular weight excluding hydrogens is 740 g/mol. The Bertz CT molecular complexity index is 2690. The van der Waals surface area contributed by atoms with Gasteiger partial charge < -0.3 is 19.4 Å². The third-order valence-electron chi connectivity index (χ3n) is 7.15. The number of anilines is 1. The van der Waals surface area contributed by atoms with Crippen LogP contribution in [0, 0.1) is 0 Å². The van der Waals surface area contributed by atoms with Crippen LogP contribution in [0.25, 0.3) is 32.3 Å². The number of rotatable bonds is 7. The molecule has 0 aliphatic rings. The zero-order valence-corrected chi connectivity index (χ0v) is 35.0. The van der Waals surface area contributed by atoms with E-state index >= 15 is 0 Å². The van der Waals surface area contributed by atoms with Crippen LogP contribution in [0.5, 0.6) is 0 Å². The van der Waals surface area contributed by atoms with Gasteiger partial charge >= 0.3 is 88.7 Å². The van der Waals surface area contributed by atoms with Gasteiger partial charge in [-0.1, -0.05) is 42.5 Å². The summed E-state index contributed by atoms with van der Waals surface area (Å²) < 4.78 is 106. The maximum Gasteiger partial charge on any atom is 1.00 e. The first-order chi connectivity index (χ1) is 22.1. The molecule has 6 aromatic carbocycles. The Hall–Kier alpha value is -2.17. The molecule has 50 heavy (non-hydrogen) atoms. The molecule has 6 aromatic rings. The van der Waals surface area contributed by atoms with Gasteiger partial charge in [-0.05, 0) is 54.6 Å². The molecule has 0 amide bonds. The van der Waals surface area contributed by atoms with Crippen molar-refractivity contribution in [1.29, 1.82) is 0 Å². The van der Waals surface area contributed by atoms with Crippen molar-refractivity contribution in [2.75, 3.05) is 5.73 Å². The molecule has 0 unspecified atom stereocenters. The molecule has 0 aliphatic heterocycles. The molecule has 0 fully saturated rings. The first-order valence-corrected chi connectivity index (χ1v) is 17.5. The molecule has 0 radical (unpaired) electrons. The molecule has 0 atom stereocenters. The Labute approximate surface area is 352 Å². The van der Waals surface area contributed by atoms with E-state index in [1.165, 1.54) is 24.3 Å². The van der Waals surface area contributed by atoms with Crippen molar-refractivity contribution >= 4 is 91.1 Å². The van der Waals surface area contributed by atoms with Gasteiger partial charge in [0.05, 0.1) is 37.4 Å². The van der Waals surface area contributed by atoms with E-state index in [0.29, 0.717) is 38.6 Å². The average Bonchev–Trinajstić information content (AvgIpc) is 3.01. The van der Waals surface area contributed by atoms with Gasteiger partial charge in [0.15, 0.2) is 0 Å². The summed E-state index contributed by atoms with van der Waals surface area (Å²) in [7, 11) is -14.9. The summed E-state index contributed by atoms with van der Waals surface area (Å²) in [6.07, 6.45) is 0. The molecule has 238 valence electrons. The summed E-state index contributed by atoms with van der Waals surface area (Å²) in [6, 6.07) is 22.3. The molecule has 0 saturated carbocycles. The predicted octanol–water partition coefficient (Wildman–Crippen LogP) is -2.72. The van der Waals surface area contributed by atoms with Gasteiger partial charge in [-0.3, -0.25) is 0 Å². The van der Waals surface area contributed by atoms with E-state index in [1.807, 2.05) is 0 Å². The number of hydrogen-bond acceptors (Lipinski definition) is 14. The molecule has 0 bridgehead atoms. The van der Waals surface area contributed by atoms with Crippen molar-refractivity contribution in [2.45, 2.75) is 14.7 Å². The number of nitrogen functional groups attached to an aromatic ring is 1. The maximum atomic E-state index is 12.0. The number of nitrogens with two attached hydrogens (primary N) is 1. The van der Waals surface area contributed by atoms with Crippen LogP contribution in [-0.2, 0) is 30.4 Å². The molecule has 0 saturated heterocycles. The van der Waals surface area contributed by atoms with Gasteiger partial charge in [-0.15, -0.1) is 15.3 Å². The predicted molar refractivity (Wildman–Crippen MR) is 168 cm³/mol. The zero-order valence-electron chi connectivity index (χ0n) is 26.5. The van der Waals surface area contributed by atoms with Gasteiger partial charge in [-0.25, -0.2) is 25.3 Å². The summed E-state index contributed by atoms with van der Waals surface area (Å²) >= 11 is 0. The SMILES string of the molecule is Nc1ccc(N=Nc2ccc(N=Nc3cc(S(=O)(=O)[O-])c4cccc(S(=O)(=O)[O-])c4c3)c3ccccc23)c2ccc(S(=O)(=O)[O-])cc12.[Na+].[Na+].[Na+]. The second-order valence-corrected chi connectivity index (χ2v) is 14.2. The van der Waals surface area contributed by atoms with Gasteiger partial charge in [0.25, 0.3) is 0 Å². The number of benzene rings is 6. The quantitative estimate of drug-likeness (QED) is 0.0763. The van der Waals surface area contributed by atoms with Crippen LogP contribution in [0.15, 0.2) is 132 Å². The normalized spacial score (nSPS) is 12.2. The Morgan fingerprint density at radius 1 is 0.440 bits per heavy atom. The number of hydrogen-bond donors (Lipinski definition) is 1. The first-order valence-electron chi connectivity index (χ1n) is 13.2. The molecule has 0 spiro atoms. The summed E-state index contributed by atoms with van der Waals surface area (Å²) in [5.74, 6) is 0. The van der Waals surface area contributed by atoms with Crippen LogP contribution >= 0.6 is 0 Å². The van der Waals surface area contributed by atoms with Crippen LogP contribution in [0.2, 0.25) is 0 Å². The smallest absolute Gasteiger partial charge is 0.744 e. The Morgan fingerprint density at radius 2 is 0.940 bits per heavy atom. The van der Waals surface area contributed by atoms with Gasteiger partial charge in [0.1, 0.15) is 30.4 Å². The first kappa shape index (κ1) is 42.2. The second-order valence-electron chi connectivity index (χ2n) is 10.1. The molecule has 6 rings (SSSR count). The van der Waals surface area contributed by atoms with Gasteiger partial charge in [0.2, 0.25) is 0 Å². The topological polar surface area (TPSA) is 247 Å². The van der Waals surface area contributed by atoms with Crippen molar-refractivity contribution in [3.63, 3.8) is 0 Å². The molecule has 0 heterocycles. The summed E-state index contributed by atoms with van der Waals surface area (Å²) in [6.45, 7) is 0. The summed E-state index contributed by atoms with van der Waals surface area (Å²) in [5.41, 5.74) is 7.10. The molecule has 2 N–H and O–H groups in total. The average molecular weight is 758 g/mol. The van der Waals surface area contributed by atoms with Crippen LogP contribution in [0.3, 0.4) is 0 Å². The Morgan fingerprint density at radius 3 is 1.48 bits per heavy atom. The molecule has 14 nitrogen and oxygen atoms in total. The molecule has 0 aliphatic carbocycles. The minimum absolute atomic E-state index is 0. The van der Waals surface area contributed by atoms with E-state index < -0.39 is 45.0 Å². The molecule has 20 heteroatoms. The summed E-state index contributed by atoms with van der Waals surface area (Å²) in [5, 5.41) is 18.3. The van der Waals surface area contributed by atoms with E-state index in [1.54, 1.807) is 42.5 Å². The fourth-order valence-electron chi connectivity index (χ4n) is 5.03. The fraction of sp³-hybridized carbons (Fsp3) is 0. The Kier molecular flexibility index (Phi) is 13.7. The number of azo groups is 2. The van der Waals surface area contributed by atoms with Crippen LogP contribution < -0.4 is 94.4 Å². The van der Waals surface area contributed by atoms with Crippen molar-refractivity contribution < 1.29 is 128 Å². The number of fused-ring (bicyclic) bond motifs is 3. The zero-order chi connectivity index (χ0) is 33.7. The van der Waals surface area contributed by atoms with Crippen LogP contribution in [-0.4, -0.2) is 38.9 Å². The van der Waals surface area contributed by atoms with Crippen molar-refractivity contribution in [3.8, 4) is 0 Å². The van der Waals surface area contributed by atoms with Crippen LogP contribution in [0.1, 0.15) is 0 Å². The Balaban J connectivity index is 0.00000225. The van der Waals surface area contributed by atoms with Gasteiger partial charge in [-0.2, -0.15) is 5.11 Å². The molecule has 0 aromatic heterocycles. The fourth-order valence-corrected chi connectivity index (χ4v) is 6.92. The van der Waals surface area contributed by atoms with E-state index in [-0.39, 0.29) is 111 Å². The second kappa shape index (κ2) is 16.2. The van der Waals surface area contributed by atoms with E-state index in [0.717, 1.165) is 30.3 Å². The minimum atomic E-state index is -5.11. The van der Waals surface area contributed by atoms with Crippen molar-refractivity contribution in [2.24, 2.45) is 20.5 Å². The molecular formula is C30H18N5Na3O9S3. The largest absolute Gasteiger partial charge is 1.00 e. The van der Waals surface area contributed by atoms with Gasteiger partial charge in [0, 0.05) is 38.0 Å². The van der Waals surface area contributed by atoms with E-state index in [4.69, 9.17) is 5.73 Å². The maximum absolute atomic E-state index is 12.0. The third kappa shape index (κ3) is 8.88. The van der Waals surface area contributed by atoms with Crippen molar-refractivity contribution in [1.82, 2.24) is 0 Å². The standard InChI is InChI=1S/C30H21N5O9S3.3Na/c31-25-10-11-26(21-9-8-18(16-23(21)25)45(36,37)38)34-35-28-13-12-27(19-4-1-2-5-20(19)28)33-32-17-14-24-22(30(15-17)47(42,43)44)6-3-7-29(24)46(39,40)41;;;/h1-16H,31H2,(H,36,37,38)(H,39,40,41)(H,42,43,44);;;/q;3*+1/p-3.